The summed E-state index contributed by atoms with van der Waals surface area (Å²) >= 11 is 0. The summed E-state index contributed by atoms with van der Waals surface area (Å²) in [7, 11) is 1.91. The lowest BCUT2D eigenvalue weighted by atomic mass is 9.80. The molecule has 0 saturated heterocycles. The van der Waals surface area contributed by atoms with Gasteiger partial charge >= 0.3 is 0 Å². The predicted molar refractivity (Wildman–Crippen MR) is 72.2 cm³/mol. The van der Waals surface area contributed by atoms with Crippen molar-refractivity contribution in [2.45, 2.75) is 70.4 Å². The Morgan fingerprint density at radius 1 is 1.06 bits per heavy atom. The van der Waals surface area contributed by atoms with Crippen molar-refractivity contribution in [3.05, 3.63) is 0 Å². The van der Waals surface area contributed by atoms with E-state index < -0.39 is 0 Å². The Bertz CT molecular complexity index is 209. The van der Waals surface area contributed by atoms with Crippen molar-refractivity contribution in [2.75, 3.05) is 13.7 Å². The Morgan fingerprint density at radius 2 is 1.76 bits per heavy atom. The van der Waals surface area contributed by atoms with Gasteiger partial charge in [-0.1, -0.05) is 26.2 Å². The molecule has 2 aliphatic rings. The fourth-order valence-electron chi connectivity index (χ4n) is 3.41. The molecule has 0 heterocycles. The molecule has 2 saturated carbocycles. The van der Waals surface area contributed by atoms with Gasteiger partial charge in [0.2, 0.25) is 0 Å². The van der Waals surface area contributed by atoms with E-state index in [4.69, 9.17) is 4.74 Å². The average molecular weight is 239 g/mol. The molecular weight excluding hydrogens is 210 g/mol. The van der Waals surface area contributed by atoms with Crippen molar-refractivity contribution >= 4 is 0 Å². The van der Waals surface area contributed by atoms with Gasteiger partial charge in [-0.15, -0.1) is 0 Å². The molecule has 2 fully saturated rings. The van der Waals surface area contributed by atoms with Gasteiger partial charge in [0.1, 0.15) is 0 Å². The van der Waals surface area contributed by atoms with Gasteiger partial charge in [0.05, 0.1) is 6.10 Å². The first-order valence-electron chi connectivity index (χ1n) is 7.63. The highest BCUT2D eigenvalue weighted by atomic mass is 16.5. The molecule has 0 aromatic carbocycles. The predicted octanol–water partition coefficient (Wildman–Crippen LogP) is 3.36. The monoisotopic (exact) mass is 239 g/mol. The number of methoxy groups -OCH3 is 1. The van der Waals surface area contributed by atoms with E-state index in [2.05, 4.69) is 12.2 Å². The molecule has 2 unspecified atom stereocenters. The van der Waals surface area contributed by atoms with E-state index in [0.29, 0.717) is 12.1 Å². The van der Waals surface area contributed by atoms with Crippen molar-refractivity contribution in [3.8, 4) is 0 Å². The number of hydrogen-bond donors (Lipinski definition) is 1. The van der Waals surface area contributed by atoms with Gasteiger partial charge in [-0.05, 0) is 50.5 Å². The maximum atomic E-state index is 5.82. The minimum atomic E-state index is 0.477. The molecule has 0 bridgehead atoms. The summed E-state index contributed by atoms with van der Waals surface area (Å²) in [6.07, 6.45) is 11.6. The molecule has 2 rings (SSSR count). The number of hydrogen-bond acceptors (Lipinski definition) is 2. The first kappa shape index (κ1) is 13.4. The highest BCUT2D eigenvalue weighted by Gasteiger charge is 2.39. The third-order valence-corrected chi connectivity index (χ3v) is 4.50. The van der Waals surface area contributed by atoms with Crippen LogP contribution in [0, 0.1) is 11.8 Å². The SMILES string of the molecule is CCCNC(C1CCCCC1)C(OC)C1CC1. The molecule has 2 atom stereocenters. The summed E-state index contributed by atoms with van der Waals surface area (Å²) in [5, 5.41) is 3.79. The van der Waals surface area contributed by atoms with Gasteiger partial charge < -0.3 is 10.1 Å². The zero-order chi connectivity index (χ0) is 12.1. The van der Waals surface area contributed by atoms with Crippen LogP contribution in [-0.2, 0) is 4.74 Å². The van der Waals surface area contributed by atoms with Gasteiger partial charge in [-0.2, -0.15) is 0 Å². The highest BCUT2D eigenvalue weighted by molar-refractivity contribution is 4.94. The lowest BCUT2D eigenvalue weighted by molar-refractivity contribution is 0.0242. The zero-order valence-corrected chi connectivity index (χ0v) is 11.6. The van der Waals surface area contributed by atoms with Crippen LogP contribution in [0.3, 0.4) is 0 Å². The van der Waals surface area contributed by atoms with E-state index >= 15 is 0 Å². The van der Waals surface area contributed by atoms with Crippen LogP contribution in [-0.4, -0.2) is 25.8 Å². The largest absolute Gasteiger partial charge is 0.380 e. The summed E-state index contributed by atoms with van der Waals surface area (Å²) in [6, 6.07) is 0.618. The summed E-state index contributed by atoms with van der Waals surface area (Å²) in [4.78, 5) is 0. The molecule has 0 aromatic heterocycles. The minimum Gasteiger partial charge on any atom is -0.380 e. The van der Waals surface area contributed by atoms with Crippen molar-refractivity contribution in [2.24, 2.45) is 11.8 Å². The van der Waals surface area contributed by atoms with Crippen LogP contribution in [0.1, 0.15) is 58.3 Å². The van der Waals surface area contributed by atoms with Crippen LogP contribution in [0.25, 0.3) is 0 Å². The van der Waals surface area contributed by atoms with Crippen molar-refractivity contribution in [1.29, 1.82) is 0 Å². The molecule has 0 amide bonds. The van der Waals surface area contributed by atoms with E-state index in [9.17, 15) is 0 Å². The molecule has 0 aromatic rings. The molecule has 1 N–H and O–H groups in total. The van der Waals surface area contributed by atoms with Gasteiger partial charge in [0.25, 0.3) is 0 Å². The van der Waals surface area contributed by atoms with Gasteiger partial charge in [0, 0.05) is 13.2 Å². The molecule has 2 aliphatic carbocycles. The van der Waals surface area contributed by atoms with Crippen LogP contribution in [0.2, 0.25) is 0 Å². The van der Waals surface area contributed by atoms with Crippen LogP contribution >= 0.6 is 0 Å². The summed E-state index contributed by atoms with van der Waals surface area (Å²) in [5.74, 6) is 1.71. The molecule has 0 aliphatic heterocycles. The quantitative estimate of drug-likeness (QED) is 0.735. The van der Waals surface area contributed by atoms with Crippen LogP contribution < -0.4 is 5.32 Å². The smallest absolute Gasteiger partial charge is 0.0755 e. The van der Waals surface area contributed by atoms with Gasteiger partial charge in [-0.3, -0.25) is 0 Å². The lowest BCUT2D eigenvalue weighted by Crippen LogP contribution is -2.48. The van der Waals surface area contributed by atoms with Gasteiger partial charge in [0.15, 0.2) is 0 Å². The third kappa shape index (κ3) is 3.69. The van der Waals surface area contributed by atoms with E-state index in [0.717, 1.165) is 18.4 Å². The Hall–Kier alpha value is -0.0800. The van der Waals surface area contributed by atoms with E-state index in [1.807, 2.05) is 7.11 Å². The second-order valence-corrected chi connectivity index (χ2v) is 5.92. The number of nitrogens with one attached hydrogen (secondary N) is 1. The van der Waals surface area contributed by atoms with Crippen molar-refractivity contribution < 1.29 is 4.74 Å². The molecule has 2 nitrogen and oxygen atoms in total. The average Bonchev–Trinajstić information content (AvgIpc) is 3.20. The second-order valence-electron chi connectivity index (χ2n) is 5.92. The van der Waals surface area contributed by atoms with Crippen LogP contribution in [0.5, 0.6) is 0 Å². The fraction of sp³-hybridized carbons (Fsp3) is 1.00. The maximum absolute atomic E-state index is 5.82. The molecule has 0 radical (unpaired) electrons. The second kappa shape index (κ2) is 6.75. The fourth-order valence-corrected chi connectivity index (χ4v) is 3.41. The van der Waals surface area contributed by atoms with Crippen molar-refractivity contribution in [1.82, 2.24) is 5.32 Å². The molecule has 100 valence electrons. The first-order chi connectivity index (χ1) is 8.36. The number of rotatable bonds is 7. The number of ether oxygens (including phenoxy) is 1. The van der Waals surface area contributed by atoms with E-state index in [1.165, 1.54) is 51.4 Å². The maximum Gasteiger partial charge on any atom is 0.0755 e. The Kier molecular flexibility index (Phi) is 5.30. The van der Waals surface area contributed by atoms with Crippen molar-refractivity contribution in [3.63, 3.8) is 0 Å². The van der Waals surface area contributed by atoms with E-state index in [1.54, 1.807) is 0 Å². The lowest BCUT2D eigenvalue weighted by Gasteiger charge is -2.36. The summed E-state index contributed by atoms with van der Waals surface area (Å²) in [6.45, 7) is 3.40. The Balaban J connectivity index is 1.94. The van der Waals surface area contributed by atoms with Crippen LogP contribution in [0.4, 0.5) is 0 Å². The molecule has 2 heteroatoms. The third-order valence-electron chi connectivity index (χ3n) is 4.50. The Labute approximate surface area is 107 Å². The van der Waals surface area contributed by atoms with Crippen LogP contribution in [0.15, 0.2) is 0 Å². The zero-order valence-electron chi connectivity index (χ0n) is 11.6. The standard InChI is InChI=1S/C15H29NO/c1-3-11-16-14(12-7-5-4-6-8-12)15(17-2)13-9-10-13/h12-16H,3-11H2,1-2H3. The van der Waals surface area contributed by atoms with E-state index in [-0.39, 0.29) is 0 Å². The summed E-state index contributed by atoms with van der Waals surface area (Å²) < 4.78 is 5.82. The molecule has 0 spiro atoms. The Morgan fingerprint density at radius 3 is 2.29 bits per heavy atom. The minimum absolute atomic E-state index is 0.477. The van der Waals surface area contributed by atoms with Gasteiger partial charge in [-0.25, -0.2) is 0 Å². The molecular formula is C15H29NO. The topological polar surface area (TPSA) is 21.3 Å². The first-order valence-corrected chi connectivity index (χ1v) is 7.63. The highest BCUT2D eigenvalue weighted by Crippen LogP contribution is 2.39. The normalized spacial score (nSPS) is 25.8. The molecule has 17 heavy (non-hydrogen) atoms. The summed E-state index contributed by atoms with van der Waals surface area (Å²) in [5.41, 5.74) is 0.